The lowest BCUT2D eigenvalue weighted by molar-refractivity contribution is -0.134. The van der Waals surface area contributed by atoms with Crippen LogP contribution in [0.15, 0.2) is 29.3 Å². The molecule has 0 bridgehead atoms. The molecule has 0 aliphatic carbocycles. The van der Waals surface area contributed by atoms with Crippen LogP contribution in [-0.4, -0.2) is 30.8 Å². The molecule has 0 spiro atoms. The first kappa shape index (κ1) is 22.2. The Morgan fingerprint density at radius 1 is 1.21 bits per heavy atom. The number of halogens is 6. The fraction of sp³-hybridized carbons (Fsp3) is 0.312. The number of nitrogens with zero attached hydrogens (tertiary/aromatic N) is 1. The van der Waals surface area contributed by atoms with Gasteiger partial charge in [-0.3, -0.25) is 4.79 Å². The lowest BCUT2D eigenvalue weighted by Crippen LogP contribution is -2.15. The predicted molar refractivity (Wildman–Crippen MR) is 92.1 cm³/mol. The minimum Gasteiger partial charge on any atom is -0.345 e. The maximum atomic E-state index is 13.4. The van der Waals surface area contributed by atoms with Crippen LogP contribution in [0.2, 0.25) is 5.02 Å². The molecule has 1 N–H and O–H groups in total. The largest absolute Gasteiger partial charge is 0.389 e. The average molecular weight is 445 g/mol. The Morgan fingerprint density at radius 3 is 2.43 bits per heavy atom. The van der Waals surface area contributed by atoms with Gasteiger partial charge >= 0.3 is 6.18 Å². The van der Waals surface area contributed by atoms with Crippen molar-refractivity contribution >= 4 is 33.0 Å². The van der Waals surface area contributed by atoms with Crippen molar-refractivity contribution in [2.24, 2.45) is 7.05 Å². The van der Waals surface area contributed by atoms with Crippen LogP contribution in [-0.2, 0) is 16.9 Å². The minimum absolute atomic E-state index is 0.157. The fourth-order valence-electron chi connectivity index (χ4n) is 2.33. The number of carbonyl (C=O) groups excluding carboxylic acids is 1. The quantitative estimate of drug-likeness (QED) is 0.533. The van der Waals surface area contributed by atoms with Crippen molar-refractivity contribution in [3.63, 3.8) is 0 Å². The molecule has 28 heavy (non-hydrogen) atoms. The maximum Gasteiger partial charge on any atom is 0.389 e. The lowest BCUT2D eigenvalue weighted by atomic mass is 10.3. The van der Waals surface area contributed by atoms with Crippen molar-refractivity contribution < 1.29 is 35.2 Å². The van der Waals surface area contributed by atoms with Gasteiger partial charge in [0.15, 0.2) is 21.5 Å². The Balaban J connectivity index is 2.18. The van der Waals surface area contributed by atoms with Crippen LogP contribution in [0.25, 0.3) is 0 Å². The highest BCUT2D eigenvalue weighted by Crippen LogP contribution is 2.25. The molecule has 5 nitrogen and oxygen atoms in total. The fourth-order valence-corrected chi connectivity index (χ4v) is 3.91. The number of amides is 1. The third kappa shape index (κ3) is 5.44. The first-order valence-electron chi connectivity index (χ1n) is 7.72. The number of aromatic nitrogens is 1. The van der Waals surface area contributed by atoms with Crippen LogP contribution in [0, 0.1) is 11.6 Å². The Kier molecular flexibility index (Phi) is 6.39. The van der Waals surface area contributed by atoms with E-state index in [0.717, 1.165) is 22.9 Å². The molecule has 0 saturated heterocycles. The van der Waals surface area contributed by atoms with E-state index < -0.39 is 57.2 Å². The number of anilines is 1. The SMILES string of the molecule is Cn1cc(S(=O)(=O)CCCC(F)(F)F)cc1C(=O)Nc1cc(F)c(F)c(Cl)c1. The number of carbonyl (C=O) groups is 1. The van der Waals surface area contributed by atoms with Gasteiger partial charge in [-0.2, -0.15) is 13.2 Å². The molecular weight excluding hydrogens is 431 g/mol. The highest BCUT2D eigenvalue weighted by molar-refractivity contribution is 7.91. The van der Waals surface area contributed by atoms with Crippen LogP contribution < -0.4 is 5.32 Å². The van der Waals surface area contributed by atoms with Gasteiger partial charge in [-0.25, -0.2) is 17.2 Å². The van der Waals surface area contributed by atoms with Gasteiger partial charge in [-0.05, 0) is 18.6 Å². The zero-order chi connectivity index (χ0) is 21.3. The van der Waals surface area contributed by atoms with Crippen molar-refractivity contribution in [2.45, 2.75) is 23.9 Å². The van der Waals surface area contributed by atoms with Crippen LogP contribution >= 0.6 is 11.6 Å². The zero-order valence-corrected chi connectivity index (χ0v) is 15.9. The Labute approximate surface area is 162 Å². The van der Waals surface area contributed by atoms with Gasteiger partial charge in [-0.1, -0.05) is 11.6 Å². The third-order valence-corrected chi connectivity index (χ3v) is 5.73. The van der Waals surface area contributed by atoms with E-state index in [0.29, 0.717) is 6.07 Å². The highest BCUT2D eigenvalue weighted by atomic mass is 35.5. The molecule has 0 radical (unpaired) electrons. The molecule has 154 valence electrons. The number of hydrogen-bond donors (Lipinski definition) is 1. The summed E-state index contributed by atoms with van der Waals surface area (Å²) < 4.78 is 88.6. The average Bonchev–Trinajstić information content (AvgIpc) is 2.94. The molecule has 0 fully saturated rings. The molecule has 0 atom stereocenters. The molecule has 2 aromatic rings. The number of aryl methyl sites for hydroxylation is 1. The summed E-state index contributed by atoms with van der Waals surface area (Å²) in [4.78, 5) is 12.0. The summed E-state index contributed by atoms with van der Waals surface area (Å²) >= 11 is 5.49. The van der Waals surface area contributed by atoms with Crippen molar-refractivity contribution in [1.82, 2.24) is 4.57 Å². The summed E-state index contributed by atoms with van der Waals surface area (Å²) in [5.74, 6) is -4.16. The summed E-state index contributed by atoms with van der Waals surface area (Å²) in [5.41, 5.74) is -0.320. The van der Waals surface area contributed by atoms with Crippen LogP contribution in [0.5, 0.6) is 0 Å². The molecule has 2 rings (SSSR count). The topological polar surface area (TPSA) is 68.2 Å². The van der Waals surface area contributed by atoms with E-state index in [2.05, 4.69) is 5.32 Å². The van der Waals surface area contributed by atoms with Crippen molar-refractivity contribution in [3.8, 4) is 0 Å². The number of nitrogens with one attached hydrogen (secondary N) is 1. The normalized spacial score (nSPS) is 12.2. The molecular formula is C16H14ClF5N2O3S. The molecule has 1 heterocycles. The molecule has 0 aliphatic heterocycles. The van der Waals surface area contributed by atoms with Gasteiger partial charge in [0.25, 0.3) is 5.91 Å². The van der Waals surface area contributed by atoms with Gasteiger partial charge in [0.2, 0.25) is 0 Å². The Morgan fingerprint density at radius 2 is 1.86 bits per heavy atom. The van der Waals surface area contributed by atoms with Crippen LogP contribution in [0.3, 0.4) is 0 Å². The van der Waals surface area contributed by atoms with Gasteiger partial charge in [0.1, 0.15) is 5.69 Å². The lowest BCUT2D eigenvalue weighted by Gasteiger charge is -2.07. The van der Waals surface area contributed by atoms with E-state index in [1.165, 1.54) is 7.05 Å². The smallest absolute Gasteiger partial charge is 0.345 e. The predicted octanol–water partition coefficient (Wildman–Crippen LogP) is 4.33. The van der Waals surface area contributed by atoms with E-state index >= 15 is 0 Å². The van der Waals surface area contributed by atoms with Gasteiger partial charge in [-0.15, -0.1) is 0 Å². The maximum absolute atomic E-state index is 13.4. The van der Waals surface area contributed by atoms with Gasteiger partial charge in [0, 0.05) is 31.4 Å². The second-order valence-electron chi connectivity index (χ2n) is 5.92. The molecule has 0 unspecified atom stereocenters. The molecule has 0 aliphatic rings. The zero-order valence-electron chi connectivity index (χ0n) is 14.3. The number of rotatable bonds is 6. The first-order valence-corrected chi connectivity index (χ1v) is 9.75. The van der Waals surface area contributed by atoms with Crippen molar-refractivity contribution in [2.75, 3.05) is 11.1 Å². The monoisotopic (exact) mass is 444 g/mol. The molecule has 1 aromatic carbocycles. The van der Waals surface area contributed by atoms with Gasteiger partial charge < -0.3 is 9.88 Å². The van der Waals surface area contributed by atoms with E-state index in [1.54, 1.807) is 0 Å². The molecule has 1 amide bonds. The number of benzene rings is 1. The second-order valence-corrected chi connectivity index (χ2v) is 8.43. The first-order chi connectivity index (χ1) is 12.8. The molecule has 1 aromatic heterocycles. The number of sulfone groups is 1. The van der Waals surface area contributed by atoms with Crippen LogP contribution in [0.1, 0.15) is 23.3 Å². The highest BCUT2D eigenvalue weighted by Gasteiger charge is 2.28. The van der Waals surface area contributed by atoms with E-state index in [1.807, 2.05) is 0 Å². The summed E-state index contributed by atoms with van der Waals surface area (Å²) in [6, 6.07) is 2.65. The molecule has 0 saturated carbocycles. The second kappa shape index (κ2) is 8.08. The van der Waals surface area contributed by atoms with E-state index in [4.69, 9.17) is 11.6 Å². The van der Waals surface area contributed by atoms with Crippen molar-refractivity contribution in [1.29, 1.82) is 0 Å². The summed E-state index contributed by atoms with van der Waals surface area (Å²) in [7, 11) is -2.69. The molecule has 12 heteroatoms. The summed E-state index contributed by atoms with van der Waals surface area (Å²) in [5, 5.41) is 1.68. The third-order valence-electron chi connectivity index (χ3n) is 3.69. The Hall–Kier alpha value is -2.14. The van der Waals surface area contributed by atoms with E-state index in [9.17, 15) is 35.2 Å². The van der Waals surface area contributed by atoms with Crippen LogP contribution in [0.4, 0.5) is 27.6 Å². The summed E-state index contributed by atoms with van der Waals surface area (Å²) in [6.45, 7) is 0. The Bertz CT molecular complexity index is 979. The van der Waals surface area contributed by atoms with E-state index in [-0.39, 0.29) is 16.3 Å². The van der Waals surface area contributed by atoms with Gasteiger partial charge in [0.05, 0.1) is 15.7 Å². The number of hydrogen-bond acceptors (Lipinski definition) is 3. The number of alkyl halides is 3. The van der Waals surface area contributed by atoms with Crippen molar-refractivity contribution in [3.05, 3.63) is 46.7 Å². The standard InChI is InChI=1S/C16H14ClF5N2O3S/c1-24-8-10(28(26,27)4-2-3-16(20,21)22)7-13(24)15(25)23-9-5-11(17)14(19)12(18)6-9/h5-8H,2-4H2,1H3,(H,23,25). The summed E-state index contributed by atoms with van der Waals surface area (Å²) in [6.07, 6.45) is -5.25. The minimum atomic E-state index is -4.47.